The zero-order valence-corrected chi connectivity index (χ0v) is 11.8. The van der Waals surface area contributed by atoms with Gasteiger partial charge in [0.05, 0.1) is 22.7 Å². The molecule has 0 spiro atoms. The van der Waals surface area contributed by atoms with Crippen molar-refractivity contribution in [3.05, 3.63) is 36.2 Å². The summed E-state index contributed by atoms with van der Waals surface area (Å²) in [5.41, 5.74) is 13.9. The Labute approximate surface area is 125 Å². The highest BCUT2D eigenvalue weighted by molar-refractivity contribution is 6.13. The molecule has 3 heterocycles. The molecule has 4 rings (SSSR count). The van der Waals surface area contributed by atoms with Gasteiger partial charge >= 0.3 is 0 Å². The van der Waals surface area contributed by atoms with Crippen molar-refractivity contribution in [2.24, 2.45) is 7.05 Å². The number of ketones is 1. The van der Waals surface area contributed by atoms with E-state index in [0.29, 0.717) is 11.3 Å². The van der Waals surface area contributed by atoms with Gasteiger partial charge in [-0.05, 0) is 12.1 Å². The van der Waals surface area contributed by atoms with Gasteiger partial charge in [-0.1, -0.05) is 0 Å². The summed E-state index contributed by atoms with van der Waals surface area (Å²) in [5, 5.41) is 1.60. The van der Waals surface area contributed by atoms with Crippen LogP contribution in [-0.4, -0.2) is 20.3 Å². The Morgan fingerprint density at radius 1 is 1.32 bits per heavy atom. The molecule has 0 fully saturated rings. The van der Waals surface area contributed by atoms with E-state index in [1.54, 1.807) is 6.07 Å². The van der Waals surface area contributed by atoms with E-state index in [1.807, 2.05) is 23.9 Å². The third-order valence-corrected chi connectivity index (χ3v) is 3.88. The summed E-state index contributed by atoms with van der Waals surface area (Å²) < 4.78 is 7.37. The molecule has 1 aliphatic rings. The standard InChI is InChI=1S/C15H13N5O2/c1-20-4-2-7-11-9(18-15(17)19-14(11)16)6-8(12(7)20)13-10(21)3-5-22-13/h2-6,13H,1H3,(H4,16,17,18,19). The molecule has 7 nitrogen and oxygen atoms in total. The highest BCUT2D eigenvalue weighted by Crippen LogP contribution is 2.37. The predicted molar refractivity (Wildman–Crippen MR) is 82.8 cm³/mol. The molecule has 0 amide bonds. The second-order valence-corrected chi connectivity index (χ2v) is 5.24. The van der Waals surface area contributed by atoms with Crippen LogP contribution >= 0.6 is 0 Å². The molecule has 1 aromatic carbocycles. The van der Waals surface area contributed by atoms with Gasteiger partial charge in [0, 0.05) is 30.3 Å². The maximum absolute atomic E-state index is 12.0. The van der Waals surface area contributed by atoms with Crippen LogP contribution in [0.3, 0.4) is 0 Å². The minimum atomic E-state index is -0.669. The maximum Gasteiger partial charge on any atom is 0.222 e. The molecule has 22 heavy (non-hydrogen) atoms. The number of aryl methyl sites for hydroxylation is 1. The van der Waals surface area contributed by atoms with Crippen LogP contribution in [0.25, 0.3) is 21.8 Å². The van der Waals surface area contributed by atoms with Gasteiger partial charge in [-0.25, -0.2) is 4.98 Å². The number of fused-ring (bicyclic) bond motifs is 3. The zero-order chi connectivity index (χ0) is 15.4. The normalized spacial score (nSPS) is 17.5. The minimum absolute atomic E-state index is 0.100. The predicted octanol–water partition coefficient (Wildman–Crippen LogP) is 1.44. The van der Waals surface area contributed by atoms with Crippen LogP contribution in [0.2, 0.25) is 0 Å². The van der Waals surface area contributed by atoms with E-state index in [2.05, 4.69) is 9.97 Å². The fraction of sp³-hybridized carbons (Fsp3) is 0.133. The van der Waals surface area contributed by atoms with Crippen LogP contribution in [0.1, 0.15) is 11.7 Å². The van der Waals surface area contributed by atoms with E-state index < -0.39 is 6.10 Å². The molecule has 0 saturated carbocycles. The smallest absolute Gasteiger partial charge is 0.222 e. The third kappa shape index (κ3) is 1.59. The number of ether oxygens (including phenoxy) is 1. The van der Waals surface area contributed by atoms with Crippen LogP contribution in [0.5, 0.6) is 0 Å². The first-order valence-electron chi connectivity index (χ1n) is 6.73. The van der Waals surface area contributed by atoms with Crippen molar-refractivity contribution >= 4 is 39.4 Å². The van der Waals surface area contributed by atoms with E-state index in [4.69, 9.17) is 16.2 Å². The average Bonchev–Trinajstić information content (AvgIpc) is 3.04. The highest BCUT2D eigenvalue weighted by Gasteiger charge is 2.28. The van der Waals surface area contributed by atoms with Crippen molar-refractivity contribution in [3.8, 4) is 0 Å². The molecule has 110 valence electrons. The Kier molecular flexibility index (Phi) is 2.41. The summed E-state index contributed by atoms with van der Waals surface area (Å²) in [4.78, 5) is 20.3. The van der Waals surface area contributed by atoms with Crippen LogP contribution < -0.4 is 11.5 Å². The van der Waals surface area contributed by atoms with Gasteiger partial charge in [0.25, 0.3) is 0 Å². The Morgan fingerprint density at radius 2 is 2.14 bits per heavy atom. The molecule has 1 atom stereocenters. The van der Waals surface area contributed by atoms with Crippen molar-refractivity contribution in [3.63, 3.8) is 0 Å². The maximum atomic E-state index is 12.0. The number of aromatic nitrogens is 3. The first-order chi connectivity index (χ1) is 10.6. The topological polar surface area (TPSA) is 109 Å². The summed E-state index contributed by atoms with van der Waals surface area (Å²) in [6.07, 6.45) is 4.06. The molecule has 7 heteroatoms. The van der Waals surface area contributed by atoms with Crippen LogP contribution in [0.15, 0.2) is 30.7 Å². The summed E-state index contributed by atoms with van der Waals surface area (Å²) in [5.74, 6) is 0.321. The lowest BCUT2D eigenvalue weighted by atomic mass is 10.00. The average molecular weight is 295 g/mol. The largest absolute Gasteiger partial charge is 0.485 e. The first-order valence-corrected chi connectivity index (χ1v) is 6.73. The van der Waals surface area contributed by atoms with Gasteiger partial charge in [0.1, 0.15) is 5.82 Å². The molecule has 0 aliphatic carbocycles. The van der Waals surface area contributed by atoms with Crippen LogP contribution in [-0.2, 0) is 16.6 Å². The van der Waals surface area contributed by atoms with Gasteiger partial charge in [0.2, 0.25) is 11.7 Å². The van der Waals surface area contributed by atoms with Crippen molar-refractivity contribution < 1.29 is 9.53 Å². The third-order valence-electron chi connectivity index (χ3n) is 3.88. The Morgan fingerprint density at radius 3 is 2.86 bits per heavy atom. The monoisotopic (exact) mass is 295 g/mol. The highest BCUT2D eigenvalue weighted by atomic mass is 16.5. The van der Waals surface area contributed by atoms with E-state index in [1.165, 1.54) is 12.3 Å². The second-order valence-electron chi connectivity index (χ2n) is 5.24. The fourth-order valence-electron chi connectivity index (χ4n) is 2.97. The number of carbonyl (C=O) groups is 1. The van der Waals surface area contributed by atoms with Gasteiger partial charge in [-0.15, -0.1) is 0 Å². The SMILES string of the molecule is Cn1ccc2c3c(N)nc(N)nc3cc(C3OC=CC3=O)c21. The van der Waals surface area contributed by atoms with Crippen molar-refractivity contribution in [2.45, 2.75) is 6.10 Å². The van der Waals surface area contributed by atoms with E-state index in [9.17, 15) is 4.79 Å². The fourth-order valence-corrected chi connectivity index (χ4v) is 2.97. The number of carbonyl (C=O) groups excluding carboxylic acids is 1. The number of nitrogen functional groups attached to an aromatic ring is 2. The molecule has 0 bridgehead atoms. The number of nitrogens with zero attached hydrogens (tertiary/aromatic N) is 3. The first kappa shape index (κ1) is 12.6. The molecule has 2 aromatic heterocycles. The van der Waals surface area contributed by atoms with Crippen LogP contribution in [0, 0.1) is 0 Å². The number of anilines is 2. The lowest BCUT2D eigenvalue weighted by Crippen LogP contribution is -2.09. The molecule has 4 N–H and O–H groups in total. The van der Waals surface area contributed by atoms with Gasteiger partial charge in [0.15, 0.2) is 6.10 Å². The van der Waals surface area contributed by atoms with Gasteiger partial charge < -0.3 is 20.8 Å². The van der Waals surface area contributed by atoms with Crippen LogP contribution in [0.4, 0.5) is 11.8 Å². The lowest BCUT2D eigenvalue weighted by Gasteiger charge is -2.14. The quantitative estimate of drug-likeness (QED) is 0.703. The summed E-state index contributed by atoms with van der Waals surface area (Å²) in [7, 11) is 1.90. The number of nitrogens with two attached hydrogens (primary N) is 2. The molecular formula is C15H13N5O2. The summed E-state index contributed by atoms with van der Waals surface area (Å²) >= 11 is 0. The Bertz CT molecular complexity index is 973. The van der Waals surface area contributed by atoms with E-state index >= 15 is 0 Å². The minimum Gasteiger partial charge on any atom is -0.485 e. The molecule has 1 aliphatic heterocycles. The zero-order valence-electron chi connectivity index (χ0n) is 11.8. The van der Waals surface area contributed by atoms with Gasteiger partial charge in [-0.2, -0.15) is 4.98 Å². The number of benzene rings is 1. The Balaban J connectivity index is 2.15. The summed E-state index contributed by atoms with van der Waals surface area (Å²) in [6.45, 7) is 0. The molecule has 0 saturated heterocycles. The molecular weight excluding hydrogens is 282 g/mol. The second kappa shape index (κ2) is 4.20. The number of rotatable bonds is 1. The van der Waals surface area contributed by atoms with Crippen molar-refractivity contribution in [1.82, 2.24) is 14.5 Å². The van der Waals surface area contributed by atoms with E-state index in [0.717, 1.165) is 21.9 Å². The van der Waals surface area contributed by atoms with Crippen molar-refractivity contribution in [2.75, 3.05) is 11.5 Å². The number of hydrogen-bond acceptors (Lipinski definition) is 6. The molecule has 1 unspecified atom stereocenters. The lowest BCUT2D eigenvalue weighted by molar-refractivity contribution is -0.120. The van der Waals surface area contributed by atoms with Gasteiger partial charge in [-0.3, -0.25) is 4.79 Å². The molecule has 0 radical (unpaired) electrons. The number of hydrogen-bond donors (Lipinski definition) is 2. The Hall–Kier alpha value is -3.09. The summed E-state index contributed by atoms with van der Waals surface area (Å²) in [6, 6.07) is 3.71. The van der Waals surface area contributed by atoms with Crippen molar-refractivity contribution in [1.29, 1.82) is 0 Å². The van der Waals surface area contributed by atoms with E-state index in [-0.39, 0.29) is 11.7 Å². The molecule has 3 aromatic rings.